The number of nitrogens with zero attached hydrogens (tertiary/aromatic N) is 2. The molecule has 6 nitrogen and oxygen atoms in total. The second kappa shape index (κ2) is 5.35. The lowest BCUT2D eigenvalue weighted by atomic mass is 10.1. The van der Waals surface area contributed by atoms with Crippen LogP contribution in [0.25, 0.3) is 11.3 Å². The van der Waals surface area contributed by atoms with E-state index in [0.717, 1.165) is 0 Å². The minimum absolute atomic E-state index is 0.0326. The quantitative estimate of drug-likeness (QED) is 0.917. The average molecular weight is 314 g/mol. The summed E-state index contributed by atoms with van der Waals surface area (Å²) in [5, 5.41) is 4.19. The average Bonchev–Trinajstić information content (AvgIpc) is 2.42. The number of rotatable bonds is 3. The predicted octanol–water partition coefficient (Wildman–Crippen LogP) is 1.01. The summed E-state index contributed by atoms with van der Waals surface area (Å²) in [6.07, 6.45) is 0. The van der Waals surface area contributed by atoms with Crippen molar-refractivity contribution in [2.45, 2.75) is 4.90 Å². The minimum Gasteiger partial charge on any atom is -0.268 e. The van der Waals surface area contributed by atoms with Gasteiger partial charge >= 0.3 is 0 Å². The summed E-state index contributed by atoms with van der Waals surface area (Å²) in [5.41, 5.74) is 0.793. The molecule has 0 aliphatic rings. The molecule has 0 aliphatic heterocycles. The van der Waals surface area contributed by atoms with Crippen molar-refractivity contribution < 1.29 is 8.42 Å². The fourth-order valence-corrected chi connectivity index (χ4v) is 2.88. The third kappa shape index (κ3) is 2.74. The van der Waals surface area contributed by atoms with Crippen LogP contribution in [0.4, 0.5) is 0 Å². The van der Waals surface area contributed by atoms with Gasteiger partial charge in [0.2, 0.25) is 10.0 Å². The number of hydrogen-bond acceptors (Lipinski definition) is 4. The van der Waals surface area contributed by atoms with Gasteiger partial charge in [-0.15, -0.1) is 0 Å². The molecule has 0 spiro atoms. The molecule has 0 amide bonds. The molecule has 1 aromatic carbocycles. The molecule has 0 saturated heterocycles. The van der Waals surface area contributed by atoms with Crippen molar-refractivity contribution in [1.29, 1.82) is 0 Å². The summed E-state index contributed by atoms with van der Waals surface area (Å²) in [7, 11) is -0.827. The number of aryl methyl sites for hydroxylation is 1. The molecule has 1 heterocycles. The van der Waals surface area contributed by atoms with Crippen LogP contribution in [0.3, 0.4) is 0 Å². The third-order valence-electron chi connectivity index (χ3n) is 2.75. The van der Waals surface area contributed by atoms with E-state index in [1.54, 1.807) is 6.07 Å². The Labute approximate surface area is 121 Å². The van der Waals surface area contributed by atoms with E-state index in [0.29, 0.717) is 11.3 Å². The summed E-state index contributed by atoms with van der Waals surface area (Å²) in [5.74, 6) is 0. The second-order valence-electron chi connectivity index (χ2n) is 4.03. The first-order valence-corrected chi connectivity index (χ1v) is 7.49. The molecule has 0 fully saturated rings. The Morgan fingerprint density at radius 3 is 2.55 bits per heavy atom. The lowest BCUT2D eigenvalue weighted by molar-refractivity contribution is 0.588. The molecular formula is C12H12ClN3O3S. The van der Waals surface area contributed by atoms with E-state index in [1.807, 2.05) is 0 Å². The van der Waals surface area contributed by atoms with Crippen LogP contribution in [0.15, 0.2) is 40.0 Å². The standard InChI is InChI=1S/C12H12ClN3O3S/c1-14-20(18,19)11-7-8(3-4-9(11)13)10-5-6-12(17)16(2)15-10/h3-7,14H,1-2H3. The molecule has 1 aromatic heterocycles. The molecular weight excluding hydrogens is 302 g/mol. The molecule has 8 heteroatoms. The number of aromatic nitrogens is 2. The van der Waals surface area contributed by atoms with E-state index in [1.165, 1.54) is 43.0 Å². The van der Waals surface area contributed by atoms with Crippen LogP contribution in [0.5, 0.6) is 0 Å². The summed E-state index contributed by atoms with van der Waals surface area (Å²) in [6, 6.07) is 7.43. The minimum atomic E-state index is -3.66. The molecule has 0 atom stereocenters. The van der Waals surface area contributed by atoms with Crippen LogP contribution in [-0.4, -0.2) is 25.2 Å². The molecule has 2 rings (SSSR count). The van der Waals surface area contributed by atoms with Crippen LogP contribution in [0.2, 0.25) is 5.02 Å². The van der Waals surface area contributed by atoms with Gasteiger partial charge in [0.1, 0.15) is 4.90 Å². The maximum Gasteiger partial charge on any atom is 0.266 e. The Morgan fingerprint density at radius 2 is 1.95 bits per heavy atom. The summed E-state index contributed by atoms with van der Waals surface area (Å²) in [6.45, 7) is 0. The number of halogens is 1. The van der Waals surface area contributed by atoms with E-state index in [9.17, 15) is 13.2 Å². The number of nitrogens with one attached hydrogen (secondary N) is 1. The SMILES string of the molecule is CNS(=O)(=O)c1cc(-c2ccc(=O)n(C)n2)ccc1Cl. The Balaban J connectivity index is 2.62. The zero-order chi connectivity index (χ0) is 14.9. The normalized spacial score (nSPS) is 11.6. The largest absolute Gasteiger partial charge is 0.268 e. The summed E-state index contributed by atoms with van der Waals surface area (Å²) in [4.78, 5) is 11.3. The molecule has 20 heavy (non-hydrogen) atoms. The van der Waals surface area contributed by atoms with Gasteiger partial charge in [-0.2, -0.15) is 5.10 Å². The van der Waals surface area contributed by atoms with Gasteiger partial charge in [-0.05, 0) is 25.2 Å². The number of hydrogen-bond donors (Lipinski definition) is 1. The van der Waals surface area contributed by atoms with E-state index in [-0.39, 0.29) is 15.5 Å². The lowest BCUT2D eigenvalue weighted by Gasteiger charge is -2.08. The third-order valence-corrected chi connectivity index (χ3v) is 4.64. The number of benzene rings is 1. The van der Waals surface area contributed by atoms with E-state index >= 15 is 0 Å². The van der Waals surface area contributed by atoms with Gasteiger partial charge in [0, 0.05) is 18.7 Å². The topological polar surface area (TPSA) is 81.1 Å². The van der Waals surface area contributed by atoms with Crippen LogP contribution in [0.1, 0.15) is 0 Å². The predicted molar refractivity (Wildman–Crippen MR) is 76.2 cm³/mol. The van der Waals surface area contributed by atoms with Gasteiger partial charge in [-0.1, -0.05) is 17.7 Å². The lowest BCUT2D eigenvalue weighted by Crippen LogP contribution is -2.19. The highest BCUT2D eigenvalue weighted by Gasteiger charge is 2.17. The van der Waals surface area contributed by atoms with Crippen LogP contribution < -0.4 is 10.3 Å². The zero-order valence-corrected chi connectivity index (χ0v) is 12.4. The summed E-state index contributed by atoms with van der Waals surface area (Å²) >= 11 is 5.91. The van der Waals surface area contributed by atoms with Crippen molar-refractivity contribution in [2.75, 3.05) is 7.05 Å². The Hall–Kier alpha value is -1.70. The smallest absolute Gasteiger partial charge is 0.266 e. The maximum atomic E-state index is 11.9. The van der Waals surface area contributed by atoms with Gasteiger partial charge in [-0.25, -0.2) is 17.8 Å². The van der Waals surface area contributed by atoms with Crippen LogP contribution >= 0.6 is 11.6 Å². The molecule has 2 aromatic rings. The first-order chi connectivity index (χ1) is 9.35. The highest BCUT2D eigenvalue weighted by Crippen LogP contribution is 2.26. The Bertz CT molecular complexity index is 815. The highest BCUT2D eigenvalue weighted by atomic mass is 35.5. The van der Waals surface area contributed by atoms with Gasteiger partial charge in [0.25, 0.3) is 5.56 Å². The monoisotopic (exact) mass is 313 g/mol. The maximum absolute atomic E-state index is 11.9. The van der Waals surface area contributed by atoms with Crippen molar-refractivity contribution in [1.82, 2.24) is 14.5 Å². The Kier molecular flexibility index (Phi) is 3.94. The van der Waals surface area contributed by atoms with E-state index in [4.69, 9.17) is 11.6 Å². The molecule has 0 bridgehead atoms. The molecule has 1 N–H and O–H groups in total. The fourth-order valence-electron chi connectivity index (χ4n) is 1.63. The first-order valence-electron chi connectivity index (χ1n) is 5.63. The van der Waals surface area contributed by atoms with Crippen LogP contribution in [-0.2, 0) is 17.1 Å². The van der Waals surface area contributed by atoms with Crippen LogP contribution in [0, 0.1) is 0 Å². The number of sulfonamides is 1. The van der Waals surface area contributed by atoms with Crippen molar-refractivity contribution >= 4 is 21.6 Å². The van der Waals surface area contributed by atoms with Gasteiger partial charge in [0.05, 0.1) is 10.7 Å². The Morgan fingerprint density at radius 1 is 1.25 bits per heavy atom. The van der Waals surface area contributed by atoms with E-state index < -0.39 is 10.0 Å². The first kappa shape index (κ1) is 14.7. The van der Waals surface area contributed by atoms with Gasteiger partial charge in [-0.3, -0.25) is 4.79 Å². The molecule has 0 unspecified atom stereocenters. The summed E-state index contributed by atoms with van der Waals surface area (Å²) < 4.78 is 27.1. The van der Waals surface area contributed by atoms with Crippen molar-refractivity contribution in [2.24, 2.45) is 7.05 Å². The molecule has 106 valence electrons. The van der Waals surface area contributed by atoms with E-state index in [2.05, 4.69) is 9.82 Å². The van der Waals surface area contributed by atoms with Crippen molar-refractivity contribution in [3.63, 3.8) is 0 Å². The van der Waals surface area contributed by atoms with Gasteiger partial charge < -0.3 is 0 Å². The molecule has 0 saturated carbocycles. The van der Waals surface area contributed by atoms with Crippen molar-refractivity contribution in [3.05, 3.63) is 45.7 Å². The fraction of sp³-hybridized carbons (Fsp3) is 0.167. The van der Waals surface area contributed by atoms with Gasteiger partial charge in [0.15, 0.2) is 0 Å². The second-order valence-corrected chi connectivity index (χ2v) is 6.30. The highest BCUT2D eigenvalue weighted by molar-refractivity contribution is 7.89. The van der Waals surface area contributed by atoms with Crippen molar-refractivity contribution in [3.8, 4) is 11.3 Å². The molecule has 0 radical (unpaired) electrons. The molecule has 0 aliphatic carbocycles. The zero-order valence-electron chi connectivity index (χ0n) is 10.8.